The Morgan fingerprint density at radius 1 is 0.208 bits per heavy atom. The second kappa shape index (κ2) is 27.3. The molecule has 8 bridgehead atoms. The van der Waals surface area contributed by atoms with Gasteiger partial charge in [-0.2, -0.15) is 0 Å². The molecular formula is C56H104N8O8. The van der Waals surface area contributed by atoms with Crippen molar-refractivity contribution >= 4 is 0 Å². The fourth-order valence-electron chi connectivity index (χ4n) is 15.8. The number of hydrogen-bond donors (Lipinski definition) is 8. The summed E-state index contributed by atoms with van der Waals surface area (Å²) in [5.41, 5.74) is 0. The minimum Gasteiger partial charge on any atom is -0.378 e. The molecule has 72 heavy (non-hydrogen) atoms. The SMILES string of the molecule is CCCOC1CCC(OCCC)C2C3NC(NC4NC(NC5NC(NC6NC(N3)C3C(OCCC)CCC(OCCC)C63)C3C(OCCC)CCC(OCCC)C53)C3C(OCCC)CCC(OCCC)C43)C12. The first kappa shape index (κ1) is 56.1. The van der Waals surface area contributed by atoms with Gasteiger partial charge in [0.1, 0.15) is 0 Å². The Morgan fingerprint density at radius 3 is 0.417 bits per heavy atom. The summed E-state index contributed by atoms with van der Waals surface area (Å²) in [4.78, 5) is 0. The Kier molecular flexibility index (Phi) is 21.3. The highest BCUT2D eigenvalue weighted by Crippen LogP contribution is 2.49. The fourth-order valence-corrected chi connectivity index (χ4v) is 15.8. The quantitative estimate of drug-likeness (QED) is 0.0580. The molecule has 9 rings (SSSR count). The topological polar surface area (TPSA) is 170 Å². The highest BCUT2D eigenvalue weighted by molar-refractivity contribution is 5.15. The molecule has 16 unspecified atom stereocenters. The van der Waals surface area contributed by atoms with Crippen LogP contribution in [0.15, 0.2) is 0 Å². The van der Waals surface area contributed by atoms with E-state index in [-0.39, 0.29) is 146 Å². The largest absolute Gasteiger partial charge is 0.378 e. The molecule has 0 aromatic carbocycles. The van der Waals surface area contributed by atoms with Crippen LogP contribution in [-0.2, 0) is 37.9 Å². The third-order valence-corrected chi connectivity index (χ3v) is 18.4. The lowest BCUT2D eigenvalue weighted by molar-refractivity contribution is -0.115. The van der Waals surface area contributed by atoms with E-state index in [9.17, 15) is 0 Å². The lowest BCUT2D eigenvalue weighted by Gasteiger charge is -2.45. The molecule has 4 aliphatic carbocycles. The van der Waals surface area contributed by atoms with Crippen LogP contribution in [0.2, 0.25) is 0 Å². The average molecular weight is 1020 g/mol. The number of hydrogen-bond acceptors (Lipinski definition) is 16. The van der Waals surface area contributed by atoms with Crippen LogP contribution in [0.25, 0.3) is 0 Å². The first-order chi connectivity index (χ1) is 35.4. The summed E-state index contributed by atoms with van der Waals surface area (Å²) in [5.74, 6) is 1.34. The van der Waals surface area contributed by atoms with Gasteiger partial charge >= 0.3 is 0 Å². The maximum atomic E-state index is 6.98. The predicted octanol–water partition coefficient (Wildman–Crippen LogP) is 5.85. The van der Waals surface area contributed by atoms with Gasteiger partial charge in [0, 0.05) is 100 Å². The monoisotopic (exact) mass is 1020 g/mol. The maximum Gasteiger partial charge on any atom is 0.0654 e. The Bertz CT molecular complexity index is 1270. The highest BCUT2D eigenvalue weighted by atomic mass is 16.5. The number of rotatable bonds is 24. The summed E-state index contributed by atoms with van der Waals surface area (Å²) in [6.45, 7) is 23.9. The first-order valence-electron chi connectivity index (χ1n) is 30.4. The molecule has 416 valence electrons. The molecule has 5 heterocycles. The minimum atomic E-state index is -0.0544. The third kappa shape index (κ3) is 12.1. The summed E-state index contributed by atoms with van der Waals surface area (Å²) in [5, 5.41) is 34.9. The Labute approximate surface area is 435 Å². The van der Waals surface area contributed by atoms with Crippen molar-refractivity contribution in [3.8, 4) is 0 Å². The van der Waals surface area contributed by atoms with E-state index in [1.807, 2.05) is 0 Å². The van der Waals surface area contributed by atoms with E-state index < -0.39 is 0 Å². The van der Waals surface area contributed by atoms with Gasteiger partial charge in [-0.3, -0.25) is 42.5 Å². The summed E-state index contributed by atoms with van der Waals surface area (Å²) < 4.78 is 55.8. The normalized spacial score (nSPS) is 45.7. The zero-order valence-corrected chi connectivity index (χ0v) is 46.1. The van der Waals surface area contributed by atoms with Gasteiger partial charge in [0.25, 0.3) is 0 Å². The van der Waals surface area contributed by atoms with E-state index in [4.69, 9.17) is 37.9 Å². The van der Waals surface area contributed by atoms with Gasteiger partial charge in [0.05, 0.1) is 98.2 Å². The molecule has 9 fully saturated rings. The molecule has 16 atom stereocenters. The van der Waals surface area contributed by atoms with Crippen LogP contribution in [0, 0.1) is 47.3 Å². The fraction of sp³-hybridized carbons (Fsp3) is 1.00. The van der Waals surface area contributed by atoms with Crippen molar-refractivity contribution in [2.45, 2.75) is 256 Å². The molecular weight excluding hydrogens is 913 g/mol. The zero-order valence-electron chi connectivity index (χ0n) is 46.1. The number of ether oxygens (including phenoxy) is 8. The van der Waals surface area contributed by atoms with Crippen LogP contribution in [0.3, 0.4) is 0 Å². The summed E-state index contributed by atoms with van der Waals surface area (Å²) in [6.07, 6.45) is 16.1. The molecule has 16 heteroatoms. The van der Waals surface area contributed by atoms with Gasteiger partial charge in [-0.1, -0.05) is 55.4 Å². The Balaban J connectivity index is 1.17. The van der Waals surface area contributed by atoms with Gasteiger partial charge in [0.15, 0.2) is 0 Å². The second-order valence-electron chi connectivity index (χ2n) is 23.4. The molecule has 5 aliphatic heterocycles. The van der Waals surface area contributed by atoms with Crippen molar-refractivity contribution in [1.29, 1.82) is 0 Å². The maximum absolute atomic E-state index is 6.98. The Morgan fingerprint density at radius 2 is 0.319 bits per heavy atom. The van der Waals surface area contributed by atoms with Crippen LogP contribution in [0.1, 0.15) is 158 Å². The predicted molar refractivity (Wildman–Crippen MR) is 280 cm³/mol. The molecule has 0 aromatic rings. The van der Waals surface area contributed by atoms with E-state index in [2.05, 4.69) is 97.9 Å². The summed E-state index contributed by atoms with van der Waals surface area (Å²) >= 11 is 0. The lowest BCUT2D eigenvalue weighted by atomic mass is 9.72. The summed E-state index contributed by atoms with van der Waals surface area (Å²) in [7, 11) is 0. The van der Waals surface area contributed by atoms with E-state index in [1.165, 1.54) is 0 Å². The van der Waals surface area contributed by atoms with Gasteiger partial charge in [-0.05, 0) is 103 Å². The molecule has 0 spiro atoms. The molecule has 5 saturated heterocycles. The molecule has 16 nitrogen and oxygen atoms in total. The van der Waals surface area contributed by atoms with Crippen LogP contribution >= 0.6 is 0 Å². The highest BCUT2D eigenvalue weighted by Gasteiger charge is 2.63. The molecule has 8 N–H and O–H groups in total. The third-order valence-electron chi connectivity index (χ3n) is 18.4. The second-order valence-corrected chi connectivity index (χ2v) is 23.4. The average Bonchev–Trinajstić information content (AvgIpc) is 4.16. The molecule has 4 saturated carbocycles. The number of nitrogens with one attached hydrogen (secondary N) is 8. The van der Waals surface area contributed by atoms with Gasteiger partial charge < -0.3 is 37.9 Å². The van der Waals surface area contributed by atoms with Crippen molar-refractivity contribution in [3.63, 3.8) is 0 Å². The minimum absolute atomic E-state index is 0.0544. The van der Waals surface area contributed by atoms with E-state index in [0.29, 0.717) is 0 Å². The van der Waals surface area contributed by atoms with E-state index >= 15 is 0 Å². The molecule has 0 aromatic heterocycles. The lowest BCUT2D eigenvalue weighted by Crippen LogP contribution is -2.62. The molecule has 0 amide bonds. The van der Waals surface area contributed by atoms with Crippen LogP contribution in [0.5, 0.6) is 0 Å². The first-order valence-corrected chi connectivity index (χ1v) is 30.4. The molecule has 0 radical (unpaired) electrons. The van der Waals surface area contributed by atoms with Crippen molar-refractivity contribution in [1.82, 2.24) is 42.5 Å². The van der Waals surface area contributed by atoms with E-state index in [0.717, 1.165) is 156 Å². The van der Waals surface area contributed by atoms with Crippen molar-refractivity contribution in [3.05, 3.63) is 0 Å². The van der Waals surface area contributed by atoms with Gasteiger partial charge in [0.2, 0.25) is 0 Å². The van der Waals surface area contributed by atoms with Crippen LogP contribution < -0.4 is 42.5 Å². The van der Waals surface area contributed by atoms with Crippen molar-refractivity contribution in [2.75, 3.05) is 52.9 Å². The zero-order chi connectivity index (χ0) is 50.1. The standard InChI is InChI=1S/C56H104N8O8/c1-9-25-65-33-17-18-34(66-26-10-2)42-41(33)49-57-50(42)62-52-45-37(69-29-13-5)21-22-38(70-30-14-6)46(45)54(59-52)64-56-48-40(72-32-16-8)24-23-39(71-31-15-7)47(48)55(60-56)63-53-44-36(68-28-12-4)20-19-35(67-27-11-3)43(44)51(58-53)61-49/h33-64H,9-32H2,1-8H3. The number of fused-ring (bicyclic) bond motifs is 20. The van der Waals surface area contributed by atoms with Gasteiger partial charge in [-0.25, -0.2) is 0 Å². The van der Waals surface area contributed by atoms with Crippen molar-refractivity contribution < 1.29 is 37.9 Å². The van der Waals surface area contributed by atoms with Crippen LogP contribution in [-0.4, -0.2) is 151 Å². The van der Waals surface area contributed by atoms with E-state index in [1.54, 1.807) is 0 Å². The summed E-state index contributed by atoms with van der Waals surface area (Å²) in [6, 6.07) is 0. The Hall–Kier alpha value is -0.640. The van der Waals surface area contributed by atoms with Crippen LogP contribution in [0.4, 0.5) is 0 Å². The van der Waals surface area contributed by atoms with Gasteiger partial charge in [-0.15, -0.1) is 0 Å². The smallest absolute Gasteiger partial charge is 0.0654 e. The molecule has 9 aliphatic rings. The van der Waals surface area contributed by atoms with Crippen molar-refractivity contribution in [2.24, 2.45) is 47.3 Å².